The zero-order valence-electron chi connectivity index (χ0n) is 17.4. The first kappa shape index (κ1) is 21.5. The van der Waals surface area contributed by atoms with E-state index in [9.17, 15) is 18.0 Å². The van der Waals surface area contributed by atoms with Gasteiger partial charge >= 0.3 is 6.18 Å². The molecule has 1 amide bonds. The molecule has 31 heavy (non-hydrogen) atoms. The summed E-state index contributed by atoms with van der Waals surface area (Å²) < 4.78 is 40.0. The van der Waals surface area contributed by atoms with Crippen LogP contribution in [0.4, 0.5) is 24.5 Å². The zero-order valence-corrected chi connectivity index (χ0v) is 17.4. The number of anilines is 2. The van der Waals surface area contributed by atoms with Gasteiger partial charge in [0.1, 0.15) is 0 Å². The van der Waals surface area contributed by atoms with Crippen LogP contribution in [-0.2, 0) is 11.0 Å². The largest absolute Gasteiger partial charge is 0.416 e. The molecule has 1 heterocycles. The minimum absolute atomic E-state index is 0.215. The highest BCUT2D eigenvalue weighted by atomic mass is 19.4. The molecule has 2 fully saturated rings. The maximum Gasteiger partial charge on any atom is 0.416 e. The molecule has 0 bridgehead atoms. The van der Waals surface area contributed by atoms with Gasteiger partial charge in [0, 0.05) is 19.2 Å². The second-order valence-electron chi connectivity index (χ2n) is 8.50. The molecule has 2 aliphatic rings. The summed E-state index contributed by atoms with van der Waals surface area (Å²) >= 11 is 0. The van der Waals surface area contributed by atoms with Crippen LogP contribution in [0.25, 0.3) is 6.08 Å². The lowest BCUT2D eigenvalue weighted by Gasteiger charge is -2.42. The second-order valence-corrected chi connectivity index (χ2v) is 8.50. The summed E-state index contributed by atoms with van der Waals surface area (Å²) in [5.74, 6) is 0.842. The molecular formula is C25H27F3N2O. The molecule has 1 aliphatic carbocycles. The highest BCUT2D eigenvalue weighted by Crippen LogP contribution is 2.41. The van der Waals surface area contributed by atoms with Crippen LogP contribution in [-0.4, -0.2) is 19.0 Å². The number of benzene rings is 2. The predicted molar refractivity (Wildman–Crippen MR) is 118 cm³/mol. The number of carbonyl (C=O) groups excluding carboxylic acids is 1. The Morgan fingerprint density at radius 3 is 2.48 bits per heavy atom. The topological polar surface area (TPSA) is 32.3 Å². The lowest BCUT2D eigenvalue weighted by molar-refractivity contribution is -0.137. The Morgan fingerprint density at radius 2 is 1.74 bits per heavy atom. The number of alkyl halides is 3. The third-order valence-electron chi connectivity index (χ3n) is 6.44. The predicted octanol–water partition coefficient (Wildman–Crippen LogP) is 6.37. The van der Waals surface area contributed by atoms with Gasteiger partial charge in [0.15, 0.2) is 0 Å². The van der Waals surface area contributed by atoms with Gasteiger partial charge in [0.2, 0.25) is 5.91 Å². The Morgan fingerprint density at radius 1 is 1.00 bits per heavy atom. The van der Waals surface area contributed by atoms with Crippen molar-refractivity contribution in [2.75, 3.05) is 23.3 Å². The Balaban J connectivity index is 1.56. The molecule has 2 aromatic carbocycles. The van der Waals surface area contributed by atoms with Gasteiger partial charge in [-0.25, -0.2) is 0 Å². The first-order valence-corrected chi connectivity index (χ1v) is 10.9. The molecule has 2 aromatic rings. The fourth-order valence-electron chi connectivity index (χ4n) is 4.82. The highest BCUT2D eigenvalue weighted by Gasteiger charge is 2.34. The van der Waals surface area contributed by atoms with Gasteiger partial charge in [-0.2, -0.15) is 13.2 Å². The van der Waals surface area contributed by atoms with E-state index in [0.717, 1.165) is 37.2 Å². The second kappa shape index (κ2) is 9.16. The van der Waals surface area contributed by atoms with Gasteiger partial charge in [0.05, 0.1) is 16.9 Å². The number of hydrogen-bond acceptors (Lipinski definition) is 2. The van der Waals surface area contributed by atoms with E-state index in [4.69, 9.17) is 0 Å². The summed E-state index contributed by atoms with van der Waals surface area (Å²) in [7, 11) is 0. The van der Waals surface area contributed by atoms with Gasteiger partial charge in [-0.3, -0.25) is 4.79 Å². The van der Waals surface area contributed by atoms with Gasteiger partial charge < -0.3 is 10.2 Å². The van der Waals surface area contributed by atoms with E-state index < -0.39 is 17.6 Å². The van der Waals surface area contributed by atoms with Crippen LogP contribution < -0.4 is 10.2 Å². The van der Waals surface area contributed by atoms with Gasteiger partial charge in [-0.15, -0.1) is 0 Å². The lowest BCUT2D eigenvalue weighted by Crippen LogP contribution is -2.42. The number of piperidine rings is 1. The van der Waals surface area contributed by atoms with Crippen LogP contribution >= 0.6 is 0 Å². The van der Waals surface area contributed by atoms with Crippen molar-refractivity contribution in [1.82, 2.24) is 0 Å². The Hall–Kier alpha value is -2.76. The molecule has 6 heteroatoms. The van der Waals surface area contributed by atoms with E-state index in [0.29, 0.717) is 17.5 Å². The van der Waals surface area contributed by atoms with Crippen molar-refractivity contribution >= 4 is 23.4 Å². The number of halogens is 3. The van der Waals surface area contributed by atoms with E-state index in [1.165, 1.54) is 37.8 Å². The van der Waals surface area contributed by atoms with Crippen LogP contribution in [0, 0.1) is 11.8 Å². The molecule has 0 unspecified atom stereocenters. The zero-order chi connectivity index (χ0) is 21.8. The maximum absolute atomic E-state index is 13.3. The summed E-state index contributed by atoms with van der Waals surface area (Å²) in [6.07, 6.45) is 4.50. The standard InChI is InChI=1S/C25H27F3N2O/c26-25(27,28)21-11-12-23(30-15-14-19-8-4-5-9-20(19)17-30)22(16-21)29-24(31)13-10-18-6-2-1-3-7-18/h1-3,6-7,10-13,16,19-20H,4-5,8-9,14-15,17H2,(H,29,31)/b13-10+/t19-,20-/m0/s1. The summed E-state index contributed by atoms with van der Waals surface area (Å²) in [6.45, 7) is 1.63. The van der Waals surface area contributed by atoms with Crippen molar-refractivity contribution < 1.29 is 18.0 Å². The van der Waals surface area contributed by atoms with Crippen LogP contribution in [0.5, 0.6) is 0 Å². The molecule has 1 aliphatic heterocycles. The summed E-state index contributed by atoms with van der Waals surface area (Å²) in [5, 5.41) is 2.70. The SMILES string of the molecule is O=C(/C=C/c1ccccc1)Nc1cc(C(F)(F)F)ccc1N1CC[C@@H]2CCCC[C@H]2C1. The van der Waals surface area contributed by atoms with Crippen LogP contribution in [0.1, 0.15) is 43.2 Å². The molecular weight excluding hydrogens is 401 g/mol. The van der Waals surface area contributed by atoms with E-state index in [-0.39, 0.29) is 5.69 Å². The van der Waals surface area contributed by atoms with Crippen LogP contribution in [0.3, 0.4) is 0 Å². The molecule has 164 valence electrons. The molecule has 0 spiro atoms. The van der Waals surface area contributed by atoms with Crippen LogP contribution in [0.15, 0.2) is 54.6 Å². The first-order chi connectivity index (χ1) is 14.9. The van der Waals surface area contributed by atoms with Crippen molar-refractivity contribution in [3.63, 3.8) is 0 Å². The molecule has 1 saturated heterocycles. The smallest absolute Gasteiger partial charge is 0.370 e. The van der Waals surface area contributed by atoms with E-state index in [1.54, 1.807) is 6.08 Å². The van der Waals surface area contributed by atoms with Crippen molar-refractivity contribution in [3.8, 4) is 0 Å². The number of carbonyl (C=O) groups is 1. The number of rotatable bonds is 4. The van der Waals surface area contributed by atoms with E-state index >= 15 is 0 Å². The Bertz CT molecular complexity index is 940. The Labute approximate surface area is 180 Å². The molecule has 0 aromatic heterocycles. The molecule has 4 rings (SSSR count). The van der Waals surface area contributed by atoms with Crippen molar-refractivity contribution in [3.05, 3.63) is 65.7 Å². The quantitative estimate of drug-likeness (QED) is 0.574. The van der Waals surface area contributed by atoms with Crippen LogP contribution in [0.2, 0.25) is 0 Å². The van der Waals surface area contributed by atoms with Gasteiger partial charge in [-0.1, -0.05) is 49.6 Å². The van der Waals surface area contributed by atoms with E-state index in [1.807, 2.05) is 30.3 Å². The minimum Gasteiger partial charge on any atom is -0.370 e. The van der Waals surface area contributed by atoms with Crippen molar-refractivity contribution in [2.45, 2.75) is 38.3 Å². The highest BCUT2D eigenvalue weighted by molar-refractivity contribution is 6.04. The number of nitrogens with zero attached hydrogens (tertiary/aromatic N) is 1. The molecule has 3 nitrogen and oxygen atoms in total. The number of hydrogen-bond donors (Lipinski definition) is 1. The molecule has 0 radical (unpaired) electrons. The molecule has 1 saturated carbocycles. The summed E-state index contributed by atoms with van der Waals surface area (Å²) in [4.78, 5) is 14.7. The number of nitrogens with one attached hydrogen (secondary N) is 1. The summed E-state index contributed by atoms with van der Waals surface area (Å²) in [5.41, 5.74) is 0.970. The fraction of sp³-hybridized carbons (Fsp3) is 0.400. The van der Waals surface area contributed by atoms with Gasteiger partial charge in [-0.05, 0) is 54.5 Å². The fourth-order valence-corrected chi connectivity index (χ4v) is 4.82. The number of fused-ring (bicyclic) bond motifs is 1. The van der Waals surface area contributed by atoms with Crippen molar-refractivity contribution in [2.24, 2.45) is 11.8 Å². The third kappa shape index (κ3) is 5.30. The molecule has 2 atom stereocenters. The Kier molecular flexibility index (Phi) is 6.35. The molecule has 1 N–H and O–H groups in total. The number of amides is 1. The first-order valence-electron chi connectivity index (χ1n) is 10.9. The maximum atomic E-state index is 13.3. The van der Waals surface area contributed by atoms with Gasteiger partial charge in [0.25, 0.3) is 0 Å². The average Bonchev–Trinajstić information content (AvgIpc) is 2.77. The van der Waals surface area contributed by atoms with E-state index in [2.05, 4.69) is 10.2 Å². The lowest BCUT2D eigenvalue weighted by atomic mass is 9.75. The van der Waals surface area contributed by atoms with Crippen molar-refractivity contribution in [1.29, 1.82) is 0 Å². The minimum atomic E-state index is -4.46. The monoisotopic (exact) mass is 428 g/mol. The average molecular weight is 428 g/mol. The normalized spacial score (nSPS) is 21.7. The summed E-state index contributed by atoms with van der Waals surface area (Å²) in [6, 6.07) is 13.0. The third-order valence-corrected chi connectivity index (χ3v) is 6.44.